The fourth-order valence-corrected chi connectivity index (χ4v) is 6.97. The van der Waals surface area contributed by atoms with Gasteiger partial charge in [0.15, 0.2) is 10.8 Å². The number of aliphatic hydroxyl groups excluding tert-OH is 1. The third kappa shape index (κ3) is 3.95. The lowest BCUT2D eigenvalue weighted by atomic mass is 9.76. The van der Waals surface area contributed by atoms with Crippen molar-refractivity contribution in [3.05, 3.63) is 10.6 Å². The number of thioether (sulfide) groups is 2. The number of hydrogen-bond acceptors (Lipinski definition) is 10. The van der Waals surface area contributed by atoms with Gasteiger partial charge in [0.25, 0.3) is 0 Å². The Morgan fingerprint density at radius 3 is 2.52 bits per heavy atom. The van der Waals surface area contributed by atoms with Gasteiger partial charge >= 0.3 is 11.9 Å². The van der Waals surface area contributed by atoms with Crippen LogP contribution in [0.5, 0.6) is 0 Å². The van der Waals surface area contributed by atoms with Crippen LogP contribution >= 0.6 is 23.5 Å². The van der Waals surface area contributed by atoms with E-state index >= 15 is 0 Å². The molecule has 2 saturated heterocycles. The highest BCUT2D eigenvalue weighted by Gasteiger charge is 2.69. The van der Waals surface area contributed by atoms with Crippen LogP contribution in [-0.2, 0) is 23.9 Å². The molecule has 1 N–H and O–H groups in total. The molecule has 33 heavy (non-hydrogen) atoms. The normalized spacial score (nSPS) is 30.5. The number of β-lactam (4-membered cyclic amide) rings is 1. The van der Waals surface area contributed by atoms with Gasteiger partial charge in [0.2, 0.25) is 5.91 Å². The number of nitrogens with zero attached hydrogens (tertiary/aromatic N) is 3. The van der Waals surface area contributed by atoms with Gasteiger partial charge < -0.3 is 19.5 Å². The van der Waals surface area contributed by atoms with E-state index < -0.39 is 41.0 Å². The summed E-state index contributed by atoms with van der Waals surface area (Å²) in [5.41, 5.74) is -1.94. The van der Waals surface area contributed by atoms with Crippen molar-refractivity contribution in [2.45, 2.75) is 57.6 Å². The van der Waals surface area contributed by atoms with Gasteiger partial charge in [0, 0.05) is 24.1 Å². The fraction of sp³-hybridized carbons (Fsp3) is 0.727. The molecule has 0 spiro atoms. The van der Waals surface area contributed by atoms with Gasteiger partial charge in [-0.15, -0.1) is 11.8 Å². The lowest BCUT2D eigenvalue weighted by Gasteiger charge is -2.50. The van der Waals surface area contributed by atoms with E-state index in [1.165, 1.54) is 23.8 Å². The highest BCUT2D eigenvalue weighted by atomic mass is 32.2. The van der Waals surface area contributed by atoms with Crippen LogP contribution in [0.25, 0.3) is 0 Å². The van der Waals surface area contributed by atoms with Crippen LogP contribution in [0.3, 0.4) is 0 Å². The Hall–Kier alpha value is -1.72. The second-order valence-electron chi connectivity index (χ2n) is 9.99. The molecular formula is C22H31N3O6S2. The Bertz CT molecular complexity index is 937. The van der Waals surface area contributed by atoms with Crippen molar-refractivity contribution in [3.8, 4) is 0 Å². The summed E-state index contributed by atoms with van der Waals surface area (Å²) < 4.78 is 11.1. The predicted octanol–water partition coefficient (Wildman–Crippen LogP) is 1.46. The number of rotatable bonds is 5. The fourth-order valence-electron chi connectivity index (χ4n) is 4.56. The molecule has 1 amide bonds. The van der Waals surface area contributed by atoms with Gasteiger partial charge in [0.1, 0.15) is 5.70 Å². The number of carbonyl (C=O) groups excluding carboxylic acids is 3. The topological polar surface area (TPSA) is 109 Å². The maximum atomic E-state index is 13.0. The molecule has 2 fully saturated rings. The molecule has 0 saturated carbocycles. The number of esters is 2. The van der Waals surface area contributed by atoms with Crippen molar-refractivity contribution >= 4 is 46.5 Å². The minimum Gasteiger partial charge on any atom is -0.464 e. The van der Waals surface area contributed by atoms with Crippen LogP contribution in [0, 0.1) is 11.3 Å². The molecule has 0 bridgehead atoms. The number of amides is 1. The summed E-state index contributed by atoms with van der Waals surface area (Å²) >= 11 is 3.19. The van der Waals surface area contributed by atoms with Crippen molar-refractivity contribution < 1.29 is 29.0 Å². The molecule has 4 aliphatic heterocycles. The number of amidine groups is 1. The van der Waals surface area contributed by atoms with Crippen molar-refractivity contribution in [2.24, 2.45) is 16.3 Å². The second kappa shape index (κ2) is 8.49. The van der Waals surface area contributed by atoms with Gasteiger partial charge in [-0.2, -0.15) is 0 Å². The second-order valence-corrected chi connectivity index (χ2v) is 12.4. The summed E-state index contributed by atoms with van der Waals surface area (Å²) in [6, 6.07) is -0.668. The first-order valence-electron chi connectivity index (χ1n) is 11.1. The molecule has 0 aromatic rings. The lowest BCUT2D eigenvalue weighted by molar-refractivity contribution is -0.187. The van der Waals surface area contributed by atoms with E-state index in [1.54, 1.807) is 46.4 Å². The van der Waals surface area contributed by atoms with Crippen LogP contribution in [-0.4, -0.2) is 93.4 Å². The summed E-state index contributed by atoms with van der Waals surface area (Å²) in [5, 5.41) is 11.5. The van der Waals surface area contributed by atoms with E-state index in [0.717, 1.165) is 30.6 Å². The highest BCUT2D eigenvalue weighted by molar-refractivity contribution is 8.14. The largest absolute Gasteiger partial charge is 0.464 e. The molecule has 1 unspecified atom stereocenters. The van der Waals surface area contributed by atoms with E-state index in [1.807, 2.05) is 0 Å². The molecule has 4 atom stereocenters. The Morgan fingerprint density at radius 2 is 2.00 bits per heavy atom. The van der Waals surface area contributed by atoms with Gasteiger partial charge in [-0.3, -0.25) is 19.5 Å². The van der Waals surface area contributed by atoms with Gasteiger partial charge in [0.05, 0.1) is 42.0 Å². The van der Waals surface area contributed by atoms with Crippen LogP contribution in [0.1, 0.15) is 34.6 Å². The minimum absolute atomic E-state index is 0.115. The standard InChI is InChI=1S/C22H31N3O6S2/c1-11(26)13-15-22(5,31-19(29)21(2,3)4)16(14(18(28)30-6)25(15)17(13)27)33-12-9-24(10-12)20-23-7-8-32-20/h11-13,15,26H,7-10H2,1-6H3/t11-,13?,15+,22-/m1/s1. The van der Waals surface area contributed by atoms with Gasteiger partial charge in [-0.1, -0.05) is 11.8 Å². The zero-order chi connectivity index (χ0) is 24.3. The van der Waals surface area contributed by atoms with Gasteiger partial charge in [-0.05, 0) is 34.6 Å². The SMILES string of the molecule is COC(=O)C1=C(SC2CN(C3=NCCS3)C2)[C@](C)(OC(=O)C(C)(C)C)[C@@H]2C([C@@H](C)O)C(=O)N12. The molecular weight excluding hydrogens is 466 g/mol. The summed E-state index contributed by atoms with van der Waals surface area (Å²) in [7, 11) is 1.26. The Balaban J connectivity index is 1.68. The van der Waals surface area contributed by atoms with E-state index in [0.29, 0.717) is 4.91 Å². The number of methoxy groups -OCH3 is 1. The smallest absolute Gasteiger partial charge is 0.355 e. The van der Waals surface area contributed by atoms with Crippen LogP contribution in [0.15, 0.2) is 15.6 Å². The maximum absolute atomic E-state index is 13.0. The first-order chi connectivity index (χ1) is 15.4. The molecule has 9 nitrogen and oxygen atoms in total. The third-order valence-electron chi connectivity index (χ3n) is 6.40. The lowest BCUT2D eigenvalue weighted by Crippen LogP contribution is -2.69. The molecule has 0 aliphatic carbocycles. The predicted molar refractivity (Wildman–Crippen MR) is 127 cm³/mol. The molecule has 11 heteroatoms. The average molecular weight is 498 g/mol. The molecule has 0 aromatic carbocycles. The quantitative estimate of drug-likeness (QED) is 0.446. The average Bonchev–Trinajstić information content (AvgIpc) is 3.27. The number of aliphatic imine (C=N–C) groups is 1. The summed E-state index contributed by atoms with van der Waals surface area (Å²) in [6.45, 7) is 10.9. The van der Waals surface area contributed by atoms with Crippen LogP contribution < -0.4 is 0 Å². The van der Waals surface area contributed by atoms with Crippen LogP contribution in [0.2, 0.25) is 0 Å². The highest BCUT2D eigenvalue weighted by Crippen LogP contribution is 2.56. The van der Waals surface area contributed by atoms with Crippen molar-refractivity contribution in [1.29, 1.82) is 0 Å². The zero-order valence-corrected chi connectivity index (χ0v) is 21.4. The number of carbonyl (C=O) groups is 3. The Morgan fingerprint density at radius 1 is 1.33 bits per heavy atom. The van der Waals surface area contributed by atoms with Crippen LogP contribution in [0.4, 0.5) is 0 Å². The number of ether oxygens (including phenoxy) is 2. The molecule has 4 heterocycles. The van der Waals surface area contributed by atoms with Crippen molar-refractivity contribution in [3.63, 3.8) is 0 Å². The van der Waals surface area contributed by atoms with E-state index in [2.05, 4.69) is 9.89 Å². The van der Waals surface area contributed by atoms with E-state index in [9.17, 15) is 19.5 Å². The number of likely N-dealkylation sites (tertiary alicyclic amines) is 1. The Labute approximate surface area is 202 Å². The summed E-state index contributed by atoms with van der Waals surface area (Å²) in [6.07, 6.45) is -0.953. The summed E-state index contributed by atoms with van der Waals surface area (Å²) in [5.74, 6) is -1.24. The molecule has 0 aromatic heterocycles. The van der Waals surface area contributed by atoms with E-state index in [-0.39, 0.29) is 16.9 Å². The summed E-state index contributed by atoms with van der Waals surface area (Å²) in [4.78, 5) is 47.4. The minimum atomic E-state index is -1.27. The van der Waals surface area contributed by atoms with E-state index in [4.69, 9.17) is 9.47 Å². The maximum Gasteiger partial charge on any atom is 0.355 e. The zero-order valence-electron chi connectivity index (χ0n) is 19.8. The van der Waals surface area contributed by atoms with Crippen molar-refractivity contribution in [1.82, 2.24) is 9.80 Å². The van der Waals surface area contributed by atoms with Crippen molar-refractivity contribution in [2.75, 3.05) is 32.5 Å². The number of hydrogen-bond donors (Lipinski definition) is 1. The number of fused-ring (bicyclic) bond motifs is 1. The Kier molecular flexibility index (Phi) is 6.28. The molecule has 182 valence electrons. The first-order valence-corrected chi connectivity index (χ1v) is 12.9. The molecule has 4 rings (SSSR count). The first kappa shape index (κ1) is 24.4. The molecule has 0 radical (unpaired) electrons. The monoisotopic (exact) mass is 497 g/mol. The number of aliphatic hydroxyl groups is 1. The third-order valence-corrected chi connectivity index (χ3v) is 8.90. The van der Waals surface area contributed by atoms with Gasteiger partial charge in [-0.25, -0.2) is 4.79 Å². The molecule has 4 aliphatic rings.